The summed E-state index contributed by atoms with van der Waals surface area (Å²) in [6.07, 6.45) is -1.28. The van der Waals surface area contributed by atoms with E-state index in [9.17, 15) is 28.6 Å². The van der Waals surface area contributed by atoms with E-state index in [1.165, 1.54) is 6.92 Å². The summed E-state index contributed by atoms with van der Waals surface area (Å²) in [6.45, 7) is 4.18. The molecule has 0 radical (unpaired) electrons. The van der Waals surface area contributed by atoms with Gasteiger partial charge in [-0.1, -0.05) is 11.6 Å². The van der Waals surface area contributed by atoms with Gasteiger partial charge in [0, 0.05) is 5.92 Å². The van der Waals surface area contributed by atoms with E-state index >= 15 is 0 Å². The zero-order valence-electron chi connectivity index (χ0n) is 14.4. The minimum atomic E-state index is -4.20. The minimum Gasteiger partial charge on any atom is -0.465 e. The molecule has 144 valence electrons. The number of hydrogen-bond acceptors (Lipinski definition) is 9. The number of carbonyl (C=O) groups excluding carboxylic acids is 4. The third-order valence-electron chi connectivity index (χ3n) is 2.48. The van der Waals surface area contributed by atoms with Crippen LogP contribution in [0.4, 0.5) is 0 Å². The topological polar surface area (TPSA) is 143 Å². The second-order valence-corrected chi connectivity index (χ2v) is 7.38. The van der Waals surface area contributed by atoms with Crippen LogP contribution in [0.15, 0.2) is 0 Å². The third-order valence-corrected chi connectivity index (χ3v) is 3.54. The van der Waals surface area contributed by atoms with Crippen molar-refractivity contribution in [3.05, 3.63) is 0 Å². The van der Waals surface area contributed by atoms with Gasteiger partial charge in [0.2, 0.25) is 0 Å². The molecule has 0 bridgehead atoms. The van der Waals surface area contributed by atoms with Gasteiger partial charge >= 0.3 is 19.5 Å². The van der Waals surface area contributed by atoms with Gasteiger partial charge in [0.05, 0.1) is 26.0 Å². The molecule has 11 heteroatoms. The number of ether oxygens (including phenoxy) is 2. The van der Waals surface area contributed by atoms with Crippen molar-refractivity contribution in [3.63, 3.8) is 0 Å². The largest absolute Gasteiger partial charge is 0.465 e. The average Bonchev–Trinajstić information content (AvgIpc) is 2.46. The summed E-state index contributed by atoms with van der Waals surface area (Å²) >= 11 is 0. The van der Waals surface area contributed by atoms with Gasteiger partial charge in [-0.05, 0) is 13.8 Å². The van der Waals surface area contributed by atoms with Gasteiger partial charge in [0.15, 0.2) is 0 Å². The first-order valence-corrected chi connectivity index (χ1v) is 9.21. The Balaban J connectivity index is 3.88. The maximum Gasteiger partial charge on any atom is 0.369 e. The molecule has 0 aromatic rings. The quantitative estimate of drug-likeness (QED) is 0.121. The molecule has 2 unspecified atom stereocenters. The van der Waals surface area contributed by atoms with Crippen LogP contribution in [0, 0.1) is 5.92 Å². The van der Waals surface area contributed by atoms with Crippen LogP contribution in [0.5, 0.6) is 0 Å². The van der Waals surface area contributed by atoms with Crippen LogP contribution in [-0.2, 0) is 42.8 Å². The summed E-state index contributed by atoms with van der Waals surface area (Å²) < 4.78 is 25.7. The molecule has 2 atom stereocenters. The Bertz CT molecular complexity index is 530. The van der Waals surface area contributed by atoms with Crippen molar-refractivity contribution >= 4 is 31.1 Å². The summed E-state index contributed by atoms with van der Waals surface area (Å²) in [6, 6.07) is 0. The van der Waals surface area contributed by atoms with E-state index in [2.05, 4.69) is 9.56 Å². The van der Waals surface area contributed by atoms with Crippen LogP contribution < -0.4 is 0 Å². The van der Waals surface area contributed by atoms with Gasteiger partial charge in [-0.3, -0.25) is 23.8 Å². The Labute approximate surface area is 145 Å². The minimum absolute atomic E-state index is 0.0437. The van der Waals surface area contributed by atoms with Crippen molar-refractivity contribution in [3.8, 4) is 0 Å². The third kappa shape index (κ3) is 14.4. The molecule has 0 saturated carbocycles. The molecule has 25 heavy (non-hydrogen) atoms. The van der Waals surface area contributed by atoms with Crippen LogP contribution >= 0.6 is 7.60 Å². The van der Waals surface area contributed by atoms with Gasteiger partial charge in [-0.25, -0.2) is 4.79 Å². The SMILES string of the molecule is CC(=O)CC(=O)OCC(C)COCCP(=O)(O)OOC(=O)CC(C)=O. The van der Waals surface area contributed by atoms with Crippen LogP contribution in [0.2, 0.25) is 0 Å². The maximum absolute atomic E-state index is 11.6. The van der Waals surface area contributed by atoms with Crippen molar-refractivity contribution < 1.29 is 47.7 Å². The number of Topliss-reactive ketones (excluding diaryl/α,β-unsaturated/α-hetero) is 2. The molecule has 0 aliphatic carbocycles. The molecular weight excluding hydrogens is 359 g/mol. The summed E-state index contributed by atoms with van der Waals surface area (Å²) in [4.78, 5) is 57.1. The number of esters is 1. The Morgan fingerprint density at radius 1 is 1.00 bits per heavy atom. The Hall–Kier alpha value is -1.61. The van der Waals surface area contributed by atoms with Crippen molar-refractivity contribution in [1.29, 1.82) is 0 Å². The predicted molar refractivity (Wildman–Crippen MR) is 83.4 cm³/mol. The highest BCUT2D eigenvalue weighted by molar-refractivity contribution is 7.52. The monoisotopic (exact) mass is 382 g/mol. The zero-order valence-corrected chi connectivity index (χ0v) is 15.3. The summed E-state index contributed by atoms with van der Waals surface area (Å²) in [5, 5.41) is 0. The number of carbonyl (C=O) groups is 4. The molecule has 0 aromatic carbocycles. The Morgan fingerprint density at radius 3 is 2.12 bits per heavy atom. The predicted octanol–water partition coefficient (Wildman–Crippen LogP) is 0.801. The van der Waals surface area contributed by atoms with Crippen molar-refractivity contribution in [2.45, 2.75) is 33.6 Å². The first-order chi connectivity index (χ1) is 11.5. The molecule has 10 nitrogen and oxygen atoms in total. The van der Waals surface area contributed by atoms with Gasteiger partial charge < -0.3 is 14.4 Å². The summed E-state index contributed by atoms with van der Waals surface area (Å²) in [7, 11) is -4.20. The van der Waals surface area contributed by atoms with Gasteiger partial charge in [0.1, 0.15) is 24.4 Å². The fourth-order valence-corrected chi connectivity index (χ4v) is 2.01. The van der Waals surface area contributed by atoms with E-state index in [0.717, 1.165) is 6.92 Å². The van der Waals surface area contributed by atoms with Crippen LogP contribution in [0.25, 0.3) is 0 Å². The van der Waals surface area contributed by atoms with E-state index in [1.807, 2.05) is 0 Å². The van der Waals surface area contributed by atoms with Gasteiger partial charge in [-0.2, -0.15) is 0 Å². The van der Waals surface area contributed by atoms with E-state index in [-0.39, 0.29) is 37.9 Å². The molecule has 0 rings (SSSR count). The zero-order chi connectivity index (χ0) is 19.5. The highest BCUT2D eigenvalue weighted by Crippen LogP contribution is 2.41. The highest BCUT2D eigenvalue weighted by Gasteiger charge is 2.23. The summed E-state index contributed by atoms with van der Waals surface area (Å²) in [5.74, 6) is -2.65. The fraction of sp³-hybridized carbons (Fsp3) is 0.714. The van der Waals surface area contributed by atoms with Gasteiger partial charge in [-0.15, -0.1) is 0 Å². The normalized spacial score (nSPS) is 14.2. The van der Waals surface area contributed by atoms with Crippen molar-refractivity contribution in [1.82, 2.24) is 0 Å². The van der Waals surface area contributed by atoms with Crippen molar-refractivity contribution in [2.24, 2.45) is 5.92 Å². The van der Waals surface area contributed by atoms with Crippen LogP contribution in [0.3, 0.4) is 0 Å². The number of ketones is 2. The lowest BCUT2D eigenvalue weighted by Crippen LogP contribution is -2.18. The second-order valence-electron chi connectivity index (χ2n) is 5.51. The lowest BCUT2D eigenvalue weighted by Gasteiger charge is -2.14. The molecule has 0 saturated heterocycles. The standard InChI is InChI=1S/C14H23O10P/c1-10(9-22-13(17)6-11(2)15)8-21-4-5-25(19,20)24-23-14(18)7-12(3)16/h10H,4-9H2,1-3H3,(H,19,20). The molecular formula is C14H23O10P. The average molecular weight is 382 g/mol. The van der Waals surface area contributed by atoms with Crippen LogP contribution in [-0.4, -0.2) is 54.4 Å². The van der Waals surface area contributed by atoms with E-state index in [4.69, 9.17) is 9.47 Å². The lowest BCUT2D eigenvalue weighted by molar-refractivity contribution is -0.217. The molecule has 0 amide bonds. The highest BCUT2D eigenvalue weighted by atomic mass is 31.2. The Morgan fingerprint density at radius 2 is 1.56 bits per heavy atom. The van der Waals surface area contributed by atoms with Crippen molar-refractivity contribution in [2.75, 3.05) is 26.0 Å². The first-order valence-electron chi connectivity index (χ1n) is 7.45. The van der Waals surface area contributed by atoms with Gasteiger partial charge in [0.25, 0.3) is 0 Å². The molecule has 0 spiro atoms. The van der Waals surface area contributed by atoms with E-state index in [0.29, 0.717) is 0 Å². The van der Waals surface area contributed by atoms with E-state index in [1.54, 1.807) is 6.92 Å². The first kappa shape index (κ1) is 23.4. The smallest absolute Gasteiger partial charge is 0.369 e. The molecule has 1 N–H and O–H groups in total. The molecule has 0 aliphatic heterocycles. The Kier molecular flexibility index (Phi) is 11.1. The molecule has 0 fully saturated rings. The molecule has 0 aromatic heterocycles. The van der Waals surface area contributed by atoms with E-state index < -0.39 is 37.9 Å². The summed E-state index contributed by atoms with van der Waals surface area (Å²) in [5.41, 5.74) is 0. The molecule has 0 heterocycles. The lowest BCUT2D eigenvalue weighted by atomic mass is 10.2. The number of rotatable bonds is 13. The second kappa shape index (κ2) is 11.9. The fourth-order valence-electron chi connectivity index (χ4n) is 1.37. The number of hydrogen-bond donors (Lipinski definition) is 1. The van der Waals surface area contributed by atoms with Crippen LogP contribution in [0.1, 0.15) is 33.6 Å². The molecule has 0 aliphatic rings. The maximum atomic E-state index is 11.6.